The van der Waals surface area contributed by atoms with Crippen LogP contribution in [-0.2, 0) is 9.84 Å². The van der Waals surface area contributed by atoms with Crippen LogP contribution in [-0.4, -0.2) is 39.3 Å². The van der Waals surface area contributed by atoms with Crippen molar-refractivity contribution in [2.45, 2.75) is 0 Å². The Hall–Kier alpha value is -1.43. The summed E-state index contributed by atoms with van der Waals surface area (Å²) in [6.07, 6.45) is 0.466. The van der Waals surface area contributed by atoms with Crippen molar-refractivity contribution < 1.29 is 17.6 Å². The molecule has 1 fully saturated rings. The molecule has 0 unspecified atom stereocenters. The van der Waals surface area contributed by atoms with E-state index in [1.165, 1.54) is 12.1 Å². The molecular formula is C11H12FNO3S. The monoisotopic (exact) mass is 257 g/mol. The van der Waals surface area contributed by atoms with Gasteiger partial charge in [0, 0.05) is 13.1 Å². The van der Waals surface area contributed by atoms with Crippen LogP contribution in [0, 0.1) is 5.82 Å². The fourth-order valence-corrected chi connectivity index (χ4v) is 3.07. The van der Waals surface area contributed by atoms with Crippen LogP contribution in [0.15, 0.2) is 18.2 Å². The third-order valence-corrected chi connectivity index (χ3v) is 4.44. The summed E-state index contributed by atoms with van der Waals surface area (Å²) in [5.74, 6) is -0.491. The molecule has 92 valence electrons. The van der Waals surface area contributed by atoms with E-state index in [1.807, 2.05) is 0 Å². The van der Waals surface area contributed by atoms with Crippen molar-refractivity contribution in [2.75, 3.05) is 29.5 Å². The molecule has 1 aliphatic heterocycles. The lowest BCUT2D eigenvalue weighted by atomic mass is 10.1. The number of hydrogen-bond acceptors (Lipinski definition) is 4. The zero-order valence-corrected chi connectivity index (χ0v) is 9.91. The highest BCUT2D eigenvalue weighted by molar-refractivity contribution is 7.91. The summed E-state index contributed by atoms with van der Waals surface area (Å²) in [7, 11) is -2.98. The van der Waals surface area contributed by atoms with Crippen LogP contribution >= 0.6 is 0 Å². The molecule has 1 saturated heterocycles. The van der Waals surface area contributed by atoms with Crippen molar-refractivity contribution in [3.8, 4) is 0 Å². The molecule has 0 bridgehead atoms. The van der Waals surface area contributed by atoms with Gasteiger partial charge in [0.25, 0.3) is 0 Å². The summed E-state index contributed by atoms with van der Waals surface area (Å²) in [6.45, 7) is 0.596. The zero-order valence-electron chi connectivity index (χ0n) is 9.10. The third-order valence-electron chi connectivity index (χ3n) is 2.83. The van der Waals surface area contributed by atoms with Crippen molar-refractivity contribution >= 4 is 21.8 Å². The lowest BCUT2D eigenvalue weighted by molar-refractivity contribution is 0.112. The fraction of sp³-hybridized carbons (Fsp3) is 0.364. The molecule has 0 aliphatic carbocycles. The second kappa shape index (κ2) is 4.44. The van der Waals surface area contributed by atoms with Gasteiger partial charge in [-0.1, -0.05) is 6.07 Å². The third kappa shape index (κ3) is 2.46. The van der Waals surface area contributed by atoms with E-state index in [0.29, 0.717) is 25.1 Å². The summed E-state index contributed by atoms with van der Waals surface area (Å²) < 4.78 is 35.9. The molecule has 0 N–H and O–H groups in total. The van der Waals surface area contributed by atoms with E-state index in [1.54, 1.807) is 11.0 Å². The van der Waals surface area contributed by atoms with Gasteiger partial charge in [0.2, 0.25) is 0 Å². The minimum Gasteiger partial charge on any atom is -0.369 e. The second-order valence-corrected chi connectivity index (χ2v) is 6.23. The first-order valence-electron chi connectivity index (χ1n) is 5.22. The van der Waals surface area contributed by atoms with E-state index >= 15 is 0 Å². The van der Waals surface area contributed by atoms with Gasteiger partial charge in [-0.3, -0.25) is 4.79 Å². The van der Waals surface area contributed by atoms with Crippen LogP contribution < -0.4 is 4.90 Å². The first kappa shape index (κ1) is 12.0. The van der Waals surface area contributed by atoms with Gasteiger partial charge in [-0.05, 0) is 12.1 Å². The van der Waals surface area contributed by atoms with Crippen LogP contribution in [0.1, 0.15) is 10.4 Å². The molecule has 0 radical (unpaired) electrons. The van der Waals surface area contributed by atoms with Gasteiger partial charge in [0.05, 0.1) is 22.8 Å². The number of rotatable bonds is 2. The number of benzene rings is 1. The Morgan fingerprint density at radius 1 is 1.24 bits per heavy atom. The lowest BCUT2D eigenvalue weighted by Gasteiger charge is -2.29. The Kier molecular flexibility index (Phi) is 3.15. The summed E-state index contributed by atoms with van der Waals surface area (Å²) in [4.78, 5) is 12.6. The maximum atomic E-state index is 13.4. The summed E-state index contributed by atoms with van der Waals surface area (Å²) in [5.41, 5.74) is 0.460. The van der Waals surface area contributed by atoms with Gasteiger partial charge in [-0.2, -0.15) is 0 Å². The summed E-state index contributed by atoms with van der Waals surface area (Å²) in [6, 6.07) is 4.36. The number of carbonyl (C=O) groups excluding carboxylic acids is 1. The van der Waals surface area contributed by atoms with Crippen molar-refractivity contribution in [3.05, 3.63) is 29.6 Å². The number of halogens is 1. The number of carbonyl (C=O) groups is 1. The predicted octanol–water partition coefficient (Wildman–Crippen LogP) is 0.873. The summed E-state index contributed by atoms with van der Waals surface area (Å²) >= 11 is 0. The van der Waals surface area contributed by atoms with Gasteiger partial charge < -0.3 is 4.90 Å². The highest BCUT2D eigenvalue weighted by Crippen LogP contribution is 2.23. The smallest absolute Gasteiger partial charge is 0.155 e. The predicted molar refractivity (Wildman–Crippen MR) is 62.7 cm³/mol. The van der Waals surface area contributed by atoms with E-state index in [4.69, 9.17) is 0 Å². The van der Waals surface area contributed by atoms with E-state index in [9.17, 15) is 17.6 Å². The van der Waals surface area contributed by atoms with Crippen LogP contribution in [0.3, 0.4) is 0 Å². The van der Waals surface area contributed by atoms with Crippen molar-refractivity contribution in [1.82, 2.24) is 0 Å². The lowest BCUT2D eigenvalue weighted by Crippen LogP contribution is -2.40. The van der Waals surface area contributed by atoms with Crippen molar-refractivity contribution in [1.29, 1.82) is 0 Å². The minimum atomic E-state index is -2.98. The molecule has 1 aliphatic rings. The maximum absolute atomic E-state index is 13.4. The van der Waals surface area contributed by atoms with E-state index < -0.39 is 15.7 Å². The normalized spacial score (nSPS) is 19.0. The molecule has 2 rings (SSSR count). The molecule has 1 heterocycles. The zero-order chi connectivity index (χ0) is 12.5. The average Bonchev–Trinajstić information content (AvgIpc) is 2.29. The Morgan fingerprint density at radius 3 is 2.47 bits per heavy atom. The van der Waals surface area contributed by atoms with Gasteiger partial charge in [-0.15, -0.1) is 0 Å². The molecule has 17 heavy (non-hydrogen) atoms. The largest absolute Gasteiger partial charge is 0.369 e. The van der Waals surface area contributed by atoms with Crippen molar-refractivity contribution in [3.63, 3.8) is 0 Å². The Balaban J connectivity index is 2.30. The average molecular weight is 257 g/mol. The number of anilines is 1. The fourth-order valence-electron chi connectivity index (χ4n) is 1.87. The van der Waals surface area contributed by atoms with Gasteiger partial charge >= 0.3 is 0 Å². The molecule has 0 aromatic heterocycles. The first-order valence-corrected chi connectivity index (χ1v) is 7.05. The Bertz CT molecular complexity index is 528. The Morgan fingerprint density at radius 2 is 1.88 bits per heavy atom. The molecular weight excluding hydrogens is 245 g/mol. The minimum absolute atomic E-state index is 0.00759. The number of sulfone groups is 1. The summed E-state index contributed by atoms with van der Waals surface area (Å²) in [5, 5.41) is 0. The van der Waals surface area contributed by atoms with Crippen LogP contribution in [0.4, 0.5) is 10.1 Å². The SMILES string of the molecule is O=Cc1c(F)cccc1N1CCS(=O)(=O)CC1. The molecule has 0 amide bonds. The molecule has 1 aromatic rings. The number of hydrogen-bond donors (Lipinski definition) is 0. The topological polar surface area (TPSA) is 54.5 Å². The van der Waals surface area contributed by atoms with Crippen LogP contribution in [0.25, 0.3) is 0 Å². The van der Waals surface area contributed by atoms with Gasteiger partial charge in [0.1, 0.15) is 5.82 Å². The molecule has 0 spiro atoms. The van der Waals surface area contributed by atoms with Crippen LogP contribution in [0.2, 0.25) is 0 Å². The van der Waals surface area contributed by atoms with Gasteiger partial charge in [-0.25, -0.2) is 12.8 Å². The van der Waals surface area contributed by atoms with E-state index in [2.05, 4.69) is 0 Å². The van der Waals surface area contributed by atoms with Gasteiger partial charge in [0.15, 0.2) is 16.1 Å². The van der Waals surface area contributed by atoms with Crippen LogP contribution in [0.5, 0.6) is 0 Å². The van der Waals surface area contributed by atoms with E-state index in [-0.39, 0.29) is 17.1 Å². The number of aldehydes is 1. The maximum Gasteiger partial charge on any atom is 0.155 e. The number of nitrogens with zero attached hydrogens (tertiary/aromatic N) is 1. The molecule has 4 nitrogen and oxygen atoms in total. The van der Waals surface area contributed by atoms with Crippen molar-refractivity contribution in [2.24, 2.45) is 0 Å². The second-order valence-electron chi connectivity index (χ2n) is 3.93. The molecule has 6 heteroatoms. The standard InChI is InChI=1S/C11H12FNO3S/c12-10-2-1-3-11(9(10)8-14)13-4-6-17(15,16)7-5-13/h1-3,8H,4-7H2. The molecule has 0 atom stereocenters. The highest BCUT2D eigenvalue weighted by Gasteiger charge is 2.23. The molecule has 0 saturated carbocycles. The highest BCUT2D eigenvalue weighted by atomic mass is 32.2. The Labute approximate surface area is 99.0 Å². The molecule has 1 aromatic carbocycles. The van der Waals surface area contributed by atoms with E-state index in [0.717, 1.165) is 0 Å². The first-order chi connectivity index (χ1) is 8.03. The quantitative estimate of drug-likeness (QED) is 0.738.